The Hall–Kier alpha value is -2.04. The first-order valence-electron chi connectivity index (χ1n) is 5.35. The predicted octanol–water partition coefficient (Wildman–Crippen LogP) is 0.574. The van der Waals surface area contributed by atoms with Gasteiger partial charge < -0.3 is 15.5 Å². The Morgan fingerprint density at radius 3 is 2.35 bits per heavy atom. The quantitative estimate of drug-likeness (QED) is 0.801. The van der Waals surface area contributed by atoms with Crippen molar-refractivity contribution in [1.82, 2.24) is 15.5 Å². The highest BCUT2D eigenvalue weighted by Gasteiger charge is 2.06. The van der Waals surface area contributed by atoms with Crippen LogP contribution in [0.25, 0.3) is 0 Å². The third kappa shape index (κ3) is 5.01. The number of hydrogen-bond acceptors (Lipinski definition) is 2. The molecule has 1 aromatic rings. The van der Waals surface area contributed by atoms with Crippen LogP contribution in [0.1, 0.15) is 5.56 Å². The molecule has 0 fully saturated rings. The van der Waals surface area contributed by atoms with E-state index in [2.05, 4.69) is 10.6 Å². The van der Waals surface area contributed by atoms with Crippen molar-refractivity contribution in [2.24, 2.45) is 0 Å². The fourth-order valence-electron chi connectivity index (χ4n) is 1.15. The molecule has 5 heteroatoms. The minimum atomic E-state index is -0.343. The normalized spacial score (nSPS) is 9.53. The summed E-state index contributed by atoms with van der Waals surface area (Å²) in [5.41, 5.74) is 1.02. The monoisotopic (exact) mass is 235 g/mol. The van der Waals surface area contributed by atoms with Crippen LogP contribution >= 0.6 is 0 Å². The third-order valence-corrected chi connectivity index (χ3v) is 2.19. The van der Waals surface area contributed by atoms with Crippen LogP contribution in [0.5, 0.6) is 0 Å². The summed E-state index contributed by atoms with van der Waals surface area (Å²) in [6.07, 6.45) is 0. The second-order valence-electron chi connectivity index (χ2n) is 3.81. The topological polar surface area (TPSA) is 61.4 Å². The first-order chi connectivity index (χ1) is 8.09. The molecule has 1 rings (SSSR count). The summed E-state index contributed by atoms with van der Waals surface area (Å²) in [7, 11) is 3.29. The molecule has 0 unspecified atom stereocenters. The lowest BCUT2D eigenvalue weighted by Gasteiger charge is -2.11. The zero-order chi connectivity index (χ0) is 12.7. The van der Waals surface area contributed by atoms with E-state index in [0.717, 1.165) is 5.56 Å². The molecular weight excluding hydrogens is 218 g/mol. The summed E-state index contributed by atoms with van der Waals surface area (Å²) in [5.74, 6) is -0.139. The van der Waals surface area contributed by atoms with Crippen LogP contribution in [-0.2, 0) is 11.3 Å². The lowest BCUT2D eigenvalue weighted by molar-refractivity contribution is -0.127. The molecule has 17 heavy (non-hydrogen) atoms. The lowest BCUT2D eigenvalue weighted by atomic mass is 10.2. The fourth-order valence-corrected chi connectivity index (χ4v) is 1.15. The van der Waals surface area contributed by atoms with Crippen LogP contribution in [0.4, 0.5) is 4.79 Å². The minimum absolute atomic E-state index is 0.00756. The maximum Gasteiger partial charge on any atom is 0.315 e. The molecule has 0 atom stereocenters. The first kappa shape index (κ1) is 13.0. The smallest absolute Gasteiger partial charge is 0.315 e. The van der Waals surface area contributed by atoms with Crippen LogP contribution in [-0.4, -0.2) is 37.5 Å². The Morgan fingerprint density at radius 2 is 1.76 bits per heavy atom. The minimum Gasteiger partial charge on any atom is -0.347 e. The van der Waals surface area contributed by atoms with Gasteiger partial charge in [-0.15, -0.1) is 0 Å². The van der Waals surface area contributed by atoms with E-state index in [-0.39, 0.29) is 18.5 Å². The molecule has 0 aromatic heterocycles. The van der Waals surface area contributed by atoms with Gasteiger partial charge in [0.05, 0.1) is 6.54 Å². The first-order valence-corrected chi connectivity index (χ1v) is 5.35. The van der Waals surface area contributed by atoms with Gasteiger partial charge in [-0.05, 0) is 5.56 Å². The van der Waals surface area contributed by atoms with E-state index in [4.69, 9.17) is 0 Å². The average molecular weight is 235 g/mol. The van der Waals surface area contributed by atoms with Crippen LogP contribution in [0, 0.1) is 0 Å². The van der Waals surface area contributed by atoms with Crippen molar-refractivity contribution in [2.45, 2.75) is 6.54 Å². The van der Waals surface area contributed by atoms with Crippen molar-refractivity contribution in [3.8, 4) is 0 Å². The molecular formula is C12H17N3O2. The summed E-state index contributed by atoms with van der Waals surface area (Å²) in [6.45, 7) is 0.455. The van der Waals surface area contributed by atoms with Gasteiger partial charge >= 0.3 is 6.03 Å². The molecule has 5 nitrogen and oxygen atoms in total. The van der Waals surface area contributed by atoms with Gasteiger partial charge in [-0.1, -0.05) is 30.3 Å². The molecule has 0 aliphatic carbocycles. The van der Waals surface area contributed by atoms with E-state index >= 15 is 0 Å². The van der Waals surface area contributed by atoms with E-state index in [1.54, 1.807) is 14.1 Å². The van der Waals surface area contributed by atoms with Crippen molar-refractivity contribution in [2.75, 3.05) is 20.6 Å². The maximum atomic E-state index is 11.4. The van der Waals surface area contributed by atoms with Gasteiger partial charge in [0, 0.05) is 20.6 Å². The zero-order valence-electron chi connectivity index (χ0n) is 10.1. The fraction of sp³-hybridized carbons (Fsp3) is 0.333. The third-order valence-electron chi connectivity index (χ3n) is 2.19. The summed E-state index contributed by atoms with van der Waals surface area (Å²) >= 11 is 0. The number of carbonyl (C=O) groups is 2. The van der Waals surface area contributed by atoms with E-state index in [1.165, 1.54) is 4.90 Å². The molecule has 0 heterocycles. The molecule has 2 N–H and O–H groups in total. The zero-order valence-corrected chi connectivity index (χ0v) is 10.1. The molecule has 92 valence electrons. The average Bonchev–Trinajstić information content (AvgIpc) is 2.34. The highest BCUT2D eigenvalue weighted by atomic mass is 16.2. The second-order valence-corrected chi connectivity index (χ2v) is 3.81. The van der Waals surface area contributed by atoms with Gasteiger partial charge in [0.15, 0.2) is 0 Å². The van der Waals surface area contributed by atoms with Crippen LogP contribution in [0.2, 0.25) is 0 Å². The summed E-state index contributed by atoms with van der Waals surface area (Å²) < 4.78 is 0. The lowest BCUT2D eigenvalue weighted by Crippen LogP contribution is -2.41. The molecule has 3 amide bonds. The van der Waals surface area contributed by atoms with Crippen molar-refractivity contribution in [1.29, 1.82) is 0 Å². The van der Waals surface area contributed by atoms with Crippen molar-refractivity contribution in [3.05, 3.63) is 35.9 Å². The number of likely N-dealkylation sites (N-methyl/N-ethyl adjacent to an activating group) is 1. The van der Waals surface area contributed by atoms with Gasteiger partial charge in [-0.25, -0.2) is 4.79 Å². The number of urea groups is 1. The Balaban J connectivity index is 2.24. The SMILES string of the molecule is CN(C)C(=O)CNC(=O)NCc1ccccc1. The standard InChI is InChI=1S/C12H17N3O2/c1-15(2)11(16)9-14-12(17)13-8-10-6-4-3-5-7-10/h3-7H,8-9H2,1-2H3,(H2,13,14,17). The Morgan fingerprint density at radius 1 is 1.12 bits per heavy atom. The molecule has 0 saturated heterocycles. The molecule has 1 aromatic carbocycles. The van der Waals surface area contributed by atoms with Crippen LogP contribution in [0.15, 0.2) is 30.3 Å². The van der Waals surface area contributed by atoms with Crippen molar-refractivity contribution < 1.29 is 9.59 Å². The molecule has 0 aliphatic rings. The number of nitrogens with zero attached hydrogens (tertiary/aromatic N) is 1. The summed E-state index contributed by atoms with van der Waals surface area (Å²) in [4.78, 5) is 24.0. The molecule has 0 bridgehead atoms. The van der Waals surface area contributed by atoms with Gasteiger partial charge in [0.25, 0.3) is 0 Å². The van der Waals surface area contributed by atoms with E-state index in [0.29, 0.717) is 6.54 Å². The number of carbonyl (C=O) groups excluding carboxylic acids is 2. The van der Waals surface area contributed by atoms with Crippen LogP contribution in [0.3, 0.4) is 0 Å². The van der Waals surface area contributed by atoms with Crippen LogP contribution < -0.4 is 10.6 Å². The summed E-state index contributed by atoms with van der Waals surface area (Å²) in [6, 6.07) is 9.23. The van der Waals surface area contributed by atoms with Crippen molar-refractivity contribution >= 4 is 11.9 Å². The number of amides is 3. The maximum absolute atomic E-state index is 11.4. The van der Waals surface area contributed by atoms with Gasteiger partial charge in [-0.2, -0.15) is 0 Å². The van der Waals surface area contributed by atoms with Gasteiger partial charge in [0.2, 0.25) is 5.91 Å². The Kier molecular flexibility index (Phi) is 5.00. The highest BCUT2D eigenvalue weighted by molar-refractivity contribution is 5.83. The highest BCUT2D eigenvalue weighted by Crippen LogP contribution is 1.96. The Labute approximate surface area is 101 Å². The predicted molar refractivity (Wildman–Crippen MR) is 65.4 cm³/mol. The molecule has 0 saturated carbocycles. The second kappa shape index (κ2) is 6.52. The molecule has 0 radical (unpaired) electrons. The Bertz CT molecular complexity index is 377. The molecule has 0 aliphatic heterocycles. The molecule has 0 spiro atoms. The number of hydrogen-bond donors (Lipinski definition) is 2. The van der Waals surface area contributed by atoms with Gasteiger partial charge in [-0.3, -0.25) is 4.79 Å². The number of nitrogens with one attached hydrogen (secondary N) is 2. The summed E-state index contributed by atoms with van der Waals surface area (Å²) in [5, 5.41) is 5.17. The van der Waals surface area contributed by atoms with Crippen molar-refractivity contribution in [3.63, 3.8) is 0 Å². The van der Waals surface area contributed by atoms with E-state index in [1.807, 2.05) is 30.3 Å². The van der Waals surface area contributed by atoms with E-state index in [9.17, 15) is 9.59 Å². The number of benzene rings is 1. The number of rotatable bonds is 4. The largest absolute Gasteiger partial charge is 0.347 e. The van der Waals surface area contributed by atoms with Gasteiger partial charge in [0.1, 0.15) is 0 Å². The van der Waals surface area contributed by atoms with E-state index < -0.39 is 0 Å².